The predicted octanol–water partition coefficient (Wildman–Crippen LogP) is 2.71. The number of halogens is 1. The molecule has 0 aliphatic carbocycles. The molecular formula is C9H9IOS. The molecule has 1 rings (SSSR count). The van der Waals surface area contributed by atoms with E-state index in [1.165, 1.54) is 5.56 Å². The van der Waals surface area contributed by atoms with E-state index in [4.69, 9.17) is 0 Å². The van der Waals surface area contributed by atoms with Crippen LogP contribution in [0, 0.1) is 3.57 Å². The van der Waals surface area contributed by atoms with Gasteiger partial charge in [0.05, 0.1) is 0 Å². The van der Waals surface area contributed by atoms with Crippen molar-refractivity contribution in [3.8, 4) is 0 Å². The van der Waals surface area contributed by atoms with Crippen LogP contribution in [0.15, 0.2) is 23.1 Å². The first-order valence-corrected chi connectivity index (χ1v) is 5.17. The largest absolute Gasteiger partial charge is 0.303 e. The first-order chi connectivity index (χ1) is 5.74. The van der Waals surface area contributed by atoms with Crippen LogP contribution in [0.2, 0.25) is 0 Å². The van der Waals surface area contributed by atoms with Gasteiger partial charge in [0.15, 0.2) is 0 Å². The van der Waals surface area contributed by atoms with Gasteiger partial charge in [0.2, 0.25) is 0 Å². The van der Waals surface area contributed by atoms with Crippen LogP contribution in [0.3, 0.4) is 0 Å². The number of rotatable bonds is 3. The molecule has 64 valence electrons. The normalized spacial score (nSPS) is 9.83. The Kier molecular flexibility index (Phi) is 4.08. The lowest BCUT2D eigenvalue weighted by Gasteiger charge is -2.00. The van der Waals surface area contributed by atoms with E-state index in [2.05, 4.69) is 35.2 Å². The van der Waals surface area contributed by atoms with Crippen LogP contribution in [-0.4, -0.2) is 6.29 Å². The third-order valence-electron chi connectivity index (χ3n) is 1.56. The van der Waals surface area contributed by atoms with Gasteiger partial charge >= 0.3 is 0 Å². The van der Waals surface area contributed by atoms with Crippen molar-refractivity contribution in [1.29, 1.82) is 0 Å². The Balaban J connectivity index is 2.75. The Bertz CT molecular complexity index is 286. The van der Waals surface area contributed by atoms with Crippen LogP contribution >= 0.6 is 35.2 Å². The molecule has 3 heteroatoms. The fourth-order valence-electron chi connectivity index (χ4n) is 0.939. The van der Waals surface area contributed by atoms with Crippen molar-refractivity contribution < 1.29 is 4.79 Å². The molecule has 0 N–H and O–H groups in total. The SMILES string of the molecule is O=CCCc1ccc(I)c(S)c1. The molecule has 0 saturated heterocycles. The van der Waals surface area contributed by atoms with Gasteiger partial charge in [-0.3, -0.25) is 0 Å². The highest BCUT2D eigenvalue weighted by molar-refractivity contribution is 14.1. The van der Waals surface area contributed by atoms with Crippen molar-refractivity contribution in [3.63, 3.8) is 0 Å². The number of hydrogen-bond acceptors (Lipinski definition) is 2. The molecule has 0 aliphatic heterocycles. The third kappa shape index (κ3) is 2.79. The summed E-state index contributed by atoms with van der Waals surface area (Å²) in [5, 5.41) is 0. The number of aldehydes is 1. The molecule has 0 atom stereocenters. The Labute approximate surface area is 91.1 Å². The minimum absolute atomic E-state index is 0.591. The van der Waals surface area contributed by atoms with Gasteiger partial charge < -0.3 is 4.79 Å². The van der Waals surface area contributed by atoms with Crippen molar-refractivity contribution in [1.82, 2.24) is 0 Å². The third-order valence-corrected chi connectivity index (χ3v) is 3.30. The summed E-state index contributed by atoms with van der Waals surface area (Å²) in [5.74, 6) is 0. The first kappa shape index (κ1) is 10.1. The fraction of sp³-hybridized carbons (Fsp3) is 0.222. The maximum atomic E-state index is 10.1. The van der Waals surface area contributed by atoms with Gasteiger partial charge in [-0.2, -0.15) is 0 Å². The summed E-state index contributed by atoms with van der Waals surface area (Å²) < 4.78 is 1.14. The second-order valence-electron chi connectivity index (χ2n) is 2.49. The van der Waals surface area contributed by atoms with Crippen LogP contribution in [0.4, 0.5) is 0 Å². The summed E-state index contributed by atoms with van der Waals surface area (Å²) in [6.07, 6.45) is 2.35. The summed E-state index contributed by atoms with van der Waals surface area (Å²) in [5.41, 5.74) is 1.17. The number of benzene rings is 1. The molecule has 0 unspecified atom stereocenters. The smallest absolute Gasteiger partial charge is 0.120 e. The maximum Gasteiger partial charge on any atom is 0.120 e. The van der Waals surface area contributed by atoms with E-state index in [0.29, 0.717) is 6.42 Å². The second-order valence-corrected chi connectivity index (χ2v) is 4.14. The molecule has 0 fully saturated rings. The van der Waals surface area contributed by atoms with Crippen LogP contribution in [0.5, 0.6) is 0 Å². The summed E-state index contributed by atoms with van der Waals surface area (Å²) in [6, 6.07) is 6.06. The summed E-state index contributed by atoms with van der Waals surface area (Å²) >= 11 is 6.53. The van der Waals surface area contributed by atoms with E-state index in [-0.39, 0.29) is 0 Å². The molecular weight excluding hydrogens is 283 g/mol. The topological polar surface area (TPSA) is 17.1 Å². The lowest BCUT2D eigenvalue weighted by atomic mass is 10.1. The van der Waals surface area contributed by atoms with E-state index < -0.39 is 0 Å². The van der Waals surface area contributed by atoms with E-state index >= 15 is 0 Å². The lowest BCUT2D eigenvalue weighted by Crippen LogP contribution is -1.87. The van der Waals surface area contributed by atoms with E-state index in [9.17, 15) is 4.79 Å². The minimum Gasteiger partial charge on any atom is -0.303 e. The molecule has 0 amide bonds. The van der Waals surface area contributed by atoms with Gasteiger partial charge in [-0.1, -0.05) is 6.07 Å². The van der Waals surface area contributed by atoms with Gasteiger partial charge in [0.25, 0.3) is 0 Å². The number of thiol groups is 1. The van der Waals surface area contributed by atoms with Gasteiger partial charge in [0.1, 0.15) is 6.29 Å². The highest BCUT2D eigenvalue weighted by Crippen LogP contribution is 2.18. The zero-order valence-corrected chi connectivity index (χ0v) is 9.51. The Morgan fingerprint density at radius 3 is 2.83 bits per heavy atom. The Morgan fingerprint density at radius 2 is 2.25 bits per heavy atom. The molecule has 0 heterocycles. The molecule has 1 aromatic rings. The average Bonchev–Trinajstić information content (AvgIpc) is 2.07. The van der Waals surface area contributed by atoms with Crippen molar-refractivity contribution in [2.24, 2.45) is 0 Å². The summed E-state index contributed by atoms with van der Waals surface area (Å²) in [7, 11) is 0. The fourth-order valence-corrected chi connectivity index (χ4v) is 1.52. The zero-order valence-electron chi connectivity index (χ0n) is 6.46. The predicted molar refractivity (Wildman–Crippen MR) is 60.8 cm³/mol. The second kappa shape index (κ2) is 4.87. The van der Waals surface area contributed by atoms with E-state index in [0.717, 1.165) is 21.2 Å². The van der Waals surface area contributed by atoms with Crippen molar-refractivity contribution in [2.45, 2.75) is 17.7 Å². The van der Waals surface area contributed by atoms with Crippen molar-refractivity contribution in [3.05, 3.63) is 27.3 Å². The van der Waals surface area contributed by atoms with Crippen LogP contribution < -0.4 is 0 Å². The molecule has 12 heavy (non-hydrogen) atoms. The molecule has 0 aromatic heterocycles. The number of carbonyl (C=O) groups is 1. The number of hydrogen-bond donors (Lipinski definition) is 1. The van der Waals surface area contributed by atoms with Gasteiger partial charge in [-0.15, -0.1) is 12.6 Å². The molecule has 0 spiro atoms. The first-order valence-electron chi connectivity index (χ1n) is 3.65. The minimum atomic E-state index is 0.591. The monoisotopic (exact) mass is 292 g/mol. The standard InChI is InChI=1S/C9H9IOS/c10-8-4-3-7(2-1-5-11)6-9(8)12/h3-6,12H,1-2H2. The van der Waals surface area contributed by atoms with Crippen molar-refractivity contribution >= 4 is 41.5 Å². The molecule has 1 aromatic carbocycles. The molecule has 0 saturated carbocycles. The van der Waals surface area contributed by atoms with Crippen molar-refractivity contribution in [2.75, 3.05) is 0 Å². The van der Waals surface area contributed by atoms with Crippen LogP contribution in [0.1, 0.15) is 12.0 Å². The van der Waals surface area contributed by atoms with Gasteiger partial charge in [0, 0.05) is 14.9 Å². The number of carbonyl (C=O) groups excluding carboxylic acids is 1. The molecule has 0 radical (unpaired) electrons. The highest BCUT2D eigenvalue weighted by atomic mass is 127. The summed E-state index contributed by atoms with van der Waals surface area (Å²) in [4.78, 5) is 11.1. The Morgan fingerprint density at radius 1 is 1.50 bits per heavy atom. The van der Waals surface area contributed by atoms with E-state index in [1.54, 1.807) is 0 Å². The maximum absolute atomic E-state index is 10.1. The van der Waals surface area contributed by atoms with Gasteiger partial charge in [-0.25, -0.2) is 0 Å². The molecule has 0 aliphatic rings. The van der Waals surface area contributed by atoms with Crippen LogP contribution in [0.25, 0.3) is 0 Å². The molecule has 0 bridgehead atoms. The lowest BCUT2D eigenvalue weighted by molar-refractivity contribution is -0.107. The average molecular weight is 292 g/mol. The zero-order chi connectivity index (χ0) is 8.97. The van der Waals surface area contributed by atoms with E-state index in [1.807, 2.05) is 18.2 Å². The molecule has 1 nitrogen and oxygen atoms in total. The highest BCUT2D eigenvalue weighted by Gasteiger charge is 1.97. The quantitative estimate of drug-likeness (QED) is 0.515. The summed E-state index contributed by atoms with van der Waals surface area (Å²) in [6.45, 7) is 0. The number of aryl methyl sites for hydroxylation is 1. The van der Waals surface area contributed by atoms with Crippen LogP contribution in [-0.2, 0) is 11.2 Å². The Hall–Kier alpha value is -0.0300. The van der Waals surface area contributed by atoms with Gasteiger partial charge in [-0.05, 0) is 46.7 Å².